The molecule has 0 heterocycles. The monoisotopic (exact) mass is 225 g/mol. The molecule has 2 aliphatic rings. The Hall–Kier alpha value is -0.610. The maximum absolute atomic E-state index is 11.9. The lowest BCUT2D eigenvalue weighted by molar-refractivity contribution is -0.126. The summed E-state index contributed by atoms with van der Waals surface area (Å²) in [5, 5.41) is 2.97. The zero-order valence-corrected chi connectivity index (χ0v) is 10.2. The molecule has 0 aromatic rings. The molecule has 0 saturated heterocycles. The van der Waals surface area contributed by atoms with Gasteiger partial charge in [0.15, 0.2) is 0 Å². The van der Waals surface area contributed by atoms with Crippen LogP contribution in [-0.2, 0) is 4.79 Å². The first-order chi connectivity index (χ1) is 7.62. The summed E-state index contributed by atoms with van der Waals surface area (Å²) in [6, 6.07) is 0.759. The van der Waals surface area contributed by atoms with E-state index in [1.165, 1.54) is 12.8 Å². The van der Waals surface area contributed by atoms with Gasteiger partial charge in [-0.3, -0.25) is 4.79 Å². The molecule has 2 fully saturated rings. The van der Waals surface area contributed by atoms with Gasteiger partial charge in [0.25, 0.3) is 0 Å². The number of amides is 1. The lowest BCUT2D eigenvalue weighted by Crippen LogP contribution is -2.53. The third kappa shape index (κ3) is 2.74. The van der Waals surface area contributed by atoms with Crippen LogP contribution in [0.15, 0.2) is 0 Å². The molecule has 0 aromatic carbocycles. The molecule has 2 aliphatic carbocycles. The summed E-state index contributed by atoms with van der Waals surface area (Å²) in [6.07, 6.45) is 6.49. The number of carbonyl (C=O) groups excluding carboxylic acids is 1. The van der Waals surface area contributed by atoms with Crippen LogP contribution >= 0.6 is 0 Å². The van der Waals surface area contributed by atoms with E-state index in [0.29, 0.717) is 0 Å². The van der Waals surface area contributed by atoms with Crippen LogP contribution in [-0.4, -0.2) is 42.5 Å². The third-order valence-electron chi connectivity index (χ3n) is 3.87. The molecule has 0 atom stereocenters. The zero-order valence-electron chi connectivity index (χ0n) is 10.2. The van der Waals surface area contributed by atoms with Crippen molar-refractivity contribution in [2.45, 2.75) is 50.1 Å². The summed E-state index contributed by atoms with van der Waals surface area (Å²) in [5.74, 6) is 0.0502. The van der Waals surface area contributed by atoms with Gasteiger partial charge in [0.1, 0.15) is 0 Å². The smallest absolute Gasteiger partial charge is 0.240 e. The van der Waals surface area contributed by atoms with Gasteiger partial charge in [-0.1, -0.05) is 12.8 Å². The summed E-state index contributed by atoms with van der Waals surface area (Å²) >= 11 is 0. The van der Waals surface area contributed by atoms with Crippen LogP contribution in [0.2, 0.25) is 0 Å². The lowest BCUT2D eigenvalue weighted by Gasteiger charge is -2.23. The fraction of sp³-hybridized carbons (Fsp3) is 0.917. The molecule has 4 heteroatoms. The predicted octanol–water partition coefficient (Wildman–Crippen LogP) is 0.468. The Labute approximate surface area is 97.6 Å². The van der Waals surface area contributed by atoms with E-state index in [4.69, 9.17) is 5.73 Å². The molecule has 0 aliphatic heterocycles. The van der Waals surface area contributed by atoms with Crippen molar-refractivity contribution in [3.63, 3.8) is 0 Å². The number of nitrogens with zero attached hydrogens (tertiary/aromatic N) is 1. The predicted molar refractivity (Wildman–Crippen MR) is 64.0 cm³/mol. The average Bonchev–Trinajstić information content (AvgIpc) is 3.01. The Morgan fingerprint density at radius 2 is 2.06 bits per heavy atom. The van der Waals surface area contributed by atoms with E-state index in [-0.39, 0.29) is 5.91 Å². The molecular formula is C12H23N3O. The van der Waals surface area contributed by atoms with Gasteiger partial charge in [0, 0.05) is 19.1 Å². The second-order valence-corrected chi connectivity index (χ2v) is 5.33. The Balaban J connectivity index is 1.66. The van der Waals surface area contributed by atoms with E-state index >= 15 is 0 Å². The van der Waals surface area contributed by atoms with Crippen molar-refractivity contribution in [2.24, 2.45) is 5.73 Å². The molecule has 0 unspecified atom stereocenters. The fourth-order valence-corrected chi connectivity index (χ4v) is 2.45. The number of likely N-dealkylation sites (N-methyl/N-ethyl adjacent to an activating group) is 1. The Morgan fingerprint density at radius 1 is 1.44 bits per heavy atom. The molecule has 1 amide bonds. The quantitative estimate of drug-likeness (QED) is 0.715. The van der Waals surface area contributed by atoms with Gasteiger partial charge < -0.3 is 16.0 Å². The second-order valence-electron chi connectivity index (χ2n) is 5.33. The third-order valence-corrected chi connectivity index (χ3v) is 3.87. The van der Waals surface area contributed by atoms with Crippen molar-refractivity contribution in [3.8, 4) is 0 Å². The first-order valence-corrected chi connectivity index (χ1v) is 6.39. The van der Waals surface area contributed by atoms with Crippen LogP contribution in [0.1, 0.15) is 38.5 Å². The second kappa shape index (κ2) is 4.72. The SMILES string of the molecule is CN(CCNC(=O)C1(N)CCCC1)C1CC1. The molecule has 2 saturated carbocycles. The molecule has 16 heavy (non-hydrogen) atoms. The first kappa shape index (κ1) is 11.9. The molecular weight excluding hydrogens is 202 g/mol. The maximum Gasteiger partial charge on any atom is 0.240 e. The Bertz CT molecular complexity index is 257. The molecule has 0 spiro atoms. The van der Waals surface area contributed by atoms with Crippen LogP contribution in [0.4, 0.5) is 0 Å². The van der Waals surface area contributed by atoms with E-state index in [2.05, 4.69) is 17.3 Å². The van der Waals surface area contributed by atoms with Crippen molar-refractivity contribution in [2.75, 3.05) is 20.1 Å². The van der Waals surface area contributed by atoms with Crippen LogP contribution in [0.25, 0.3) is 0 Å². The first-order valence-electron chi connectivity index (χ1n) is 6.39. The van der Waals surface area contributed by atoms with Gasteiger partial charge in [-0.05, 0) is 32.7 Å². The molecule has 0 radical (unpaired) electrons. The highest BCUT2D eigenvalue weighted by atomic mass is 16.2. The maximum atomic E-state index is 11.9. The van der Waals surface area contributed by atoms with E-state index < -0.39 is 5.54 Å². The average molecular weight is 225 g/mol. The standard InChI is InChI=1S/C12H23N3O/c1-15(10-4-5-10)9-8-14-11(16)12(13)6-2-3-7-12/h10H,2-9,13H2,1H3,(H,14,16). The minimum absolute atomic E-state index is 0.0502. The number of rotatable bonds is 5. The summed E-state index contributed by atoms with van der Waals surface area (Å²) < 4.78 is 0. The summed E-state index contributed by atoms with van der Waals surface area (Å²) in [7, 11) is 2.12. The van der Waals surface area contributed by atoms with Gasteiger partial charge in [0.05, 0.1) is 5.54 Å². The van der Waals surface area contributed by atoms with Crippen molar-refractivity contribution < 1.29 is 4.79 Å². The molecule has 2 rings (SSSR count). The fourth-order valence-electron chi connectivity index (χ4n) is 2.45. The van der Waals surface area contributed by atoms with E-state index in [0.717, 1.165) is 44.8 Å². The zero-order chi connectivity index (χ0) is 11.6. The van der Waals surface area contributed by atoms with E-state index in [1.807, 2.05) is 0 Å². The highest BCUT2D eigenvalue weighted by molar-refractivity contribution is 5.86. The van der Waals surface area contributed by atoms with Gasteiger partial charge in [-0.25, -0.2) is 0 Å². The van der Waals surface area contributed by atoms with Crippen molar-refractivity contribution in [3.05, 3.63) is 0 Å². The van der Waals surface area contributed by atoms with Crippen molar-refractivity contribution in [1.82, 2.24) is 10.2 Å². The largest absolute Gasteiger partial charge is 0.353 e. The van der Waals surface area contributed by atoms with Gasteiger partial charge >= 0.3 is 0 Å². The van der Waals surface area contributed by atoms with Crippen LogP contribution < -0.4 is 11.1 Å². The molecule has 4 nitrogen and oxygen atoms in total. The summed E-state index contributed by atoms with van der Waals surface area (Å²) in [6.45, 7) is 1.66. The Morgan fingerprint density at radius 3 is 2.62 bits per heavy atom. The highest BCUT2D eigenvalue weighted by Gasteiger charge is 2.36. The molecule has 0 aromatic heterocycles. The van der Waals surface area contributed by atoms with Crippen LogP contribution in [0, 0.1) is 0 Å². The molecule has 3 N–H and O–H groups in total. The number of hydrogen-bond acceptors (Lipinski definition) is 3. The van der Waals surface area contributed by atoms with Crippen molar-refractivity contribution >= 4 is 5.91 Å². The normalized spacial score (nSPS) is 23.7. The van der Waals surface area contributed by atoms with E-state index in [9.17, 15) is 4.79 Å². The van der Waals surface area contributed by atoms with Gasteiger partial charge in [-0.15, -0.1) is 0 Å². The van der Waals surface area contributed by atoms with Gasteiger partial charge in [-0.2, -0.15) is 0 Å². The van der Waals surface area contributed by atoms with Gasteiger partial charge in [0.2, 0.25) is 5.91 Å². The summed E-state index contributed by atoms with van der Waals surface area (Å²) in [4.78, 5) is 14.2. The van der Waals surface area contributed by atoms with Crippen LogP contribution in [0.3, 0.4) is 0 Å². The van der Waals surface area contributed by atoms with Crippen molar-refractivity contribution in [1.29, 1.82) is 0 Å². The number of hydrogen-bond donors (Lipinski definition) is 2. The number of nitrogens with one attached hydrogen (secondary N) is 1. The van der Waals surface area contributed by atoms with Crippen LogP contribution in [0.5, 0.6) is 0 Å². The number of nitrogens with two attached hydrogens (primary N) is 1. The molecule has 0 bridgehead atoms. The number of carbonyl (C=O) groups is 1. The highest BCUT2D eigenvalue weighted by Crippen LogP contribution is 2.27. The van der Waals surface area contributed by atoms with E-state index in [1.54, 1.807) is 0 Å². The minimum Gasteiger partial charge on any atom is -0.353 e. The topological polar surface area (TPSA) is 58.4 Å². The lowest BCUT2D eigenvalue weighted by atomic mass is 9.98. The minimum atomic E-state index is -0.571. The molecule has 92 valence electrons. The summed E-state index contributed by atoms with van der Waals surface area (Å²) in [5.41, 5.74) is 5.49. The Kier molecular flexibility index (Phi) is 3.50.